The van der Waals surface area contributed by atoms with E-state index in [0.717, 1.165) is 11.1 Å². The molecule has 0 N–H and O–H groups in total. The van der Waals surface area contributed by atoms with Crippen LogP contribution < -0.4 is 9.47 Å². The van der Waals surface area contributed by atoms with Gasteiger partial charge in [0.1, 0.15) is 0 Å². The van der Waals surface area contributed by atoms with Gasteiger partial charge in [-0.2, -0.15) is 0 Å². The monoisotopic (exact) mass is 408 g/mol. The third-order valence-corrected chi connectivity index (χ3v) is 4.76. The van der Waals surface area contributed by atoms with Crippen LogP contribution in [0.15, 0.2) is 103 Å². The molecule has 31 heavy (non-hydrogen) atoms. The van der Waals surface area contributed by atoms with Gasteiger partial charge in [-0.1, -0.05) is 66.7 Å². The van der Waals surface area contributed by atoms with E-state index in [4.69, 9.17) is 9.47 Å². The summed E-state index contributed by atoms with van der Waals surface area (Å²) < 4.78 is 11.4. The summed E-state index contributed by atoms with van der Waals surface area (Å²) in [5.74, 6) is -0.634. The van der Waals surface area contributed by atoms with E-state index in [1.54, 1.807) is 54.6 Å². The molecule has 0 unspecified atom stereocenters. The molecular weight excluding hydrogens is 388 g/mol. The summed E-state index contributed by atoms with van der Waals surface area (Å²) in [4.78, 5) is 25.4. The topological polar surface area (TPSA) is 52.6 Å². The Morgan fingerprint density at radius 1 is 0.581 bits per heavy atom. The van der Waals surface area contributed by atoms with Crippen molar-refractivity contribution in [2.45, 2.75) is 6.92 Å². The van der Waals surface area contributed by atoms with Gasteiger partial charge in [-0.25, -0.2) is 9.59 Å². The average Bonchev–Trinajstić information content (AvgIpc) is 2.82. The molecule has 4 aromatic rings. The molecule has 0 amide bonds. The van der Waals surface area contributed by atoms with E-state index in [2.05, 4.69) is 0 Å². The summed E-state index contributed by atoms with van der Waals surface area (Å²) in [5.41, 5.74) is 3.32. The number of esters is 2. The minimum atomic E-state index is -0.526. The fourth-order valence-electron chi connectivity index (χ4n) is 3.20. The second-order valence-electron chi connectivity index (χ2n) is 7.00. The van der Waals surface area contributed by atoms with E-state index in [-0.39, 0.29) is 11.5 Å². The molecule has 0 aliphatic carbocycles. The highest BCUT2D eigenvalue weighted by molar-refractivity contribution is 5.93. The van der Waals surface area contributed by atoms with Gasteiger partial charge in [-0.3, -0.25) is 0 Å². The van der Waals surface area contributed by atoms with Gasteiger partial charge in [0, 0.05) is 0 Å². The summed E-state index contributed by atoms with van der Waals surface area (Å²) >= 11 is 0. The standard InChI is InChI=1S/C27H20O4/c1-19-17-23(20-11-5-2-6-12-20)18-24(30-26(28)21-13-7-3-8-14-21)25(19)31-27(29)22-15-9-4-10-16-22/h2-18H,1H3. The molecule has 0 bridgehead atoms. The van der Waals surface area contributed by atoms with Gasteiger partial charge in [0.25, 0.3) is 0 Å². The van der Waals surface area contributed by atoms with Gasteiger partial charge < -0.3 is 9.47 Å². The number of ether oxygens (including phenoxy) is 2. The lowest BCUT2D eigenvalue weighted by molar-refractivity contribution is 0.0681. The quantitative estimate of drug-likeness (QED) is 0.296. The van der Waals surface area contributed by atoms with Crippen molar-refractivity contribution in [2.75, 3.05) is 0 Å². The maximum Gasteiger partial charge on any atom is 0.343 e. The molecule has 4 rings (SSSR count). The highest BCUT2D eigenvalue weighted by atomic mass is 16.6. The van der Waals surface area contributed by atoms with Crippen molar-refractivity contribution in [3.05, 3.63) is 120 Å². The molecule has 0 aromatic heterocycles. The fourth-order valence-corrected chi connectivity index (χ4v) is 3.20. The number of carbonyl (C=O) groups is 2. The van der Waals surface area contributed by atoms with Crippen molar-refractivity contribution >= 4 is 11.9 Å². The van der Waals surface area contributed by atoms with Crippen LogP contribution in [0.25, 0.3) is 11.1 Å². The van der Waals surface area contributed by atoms with Crippen LogP contribution in [0.3, 0.4) is 0 Å². The van der Waals surface area contributed by atoms with E-state index in [0.29, 0.717) is 16.7 Å². The summed E-state index contributed by atoms with van der Waals surface area (Å²) in [5, 5.41) is 0. The van der Waals surface area contributed by atoms with Crippen LogP contribution in [0.4, 0.5) is 0 Å². The lowest BCUT2D eigenvalue weighted by Crippen LogP contribution is -2.13. The van der Waals surface area contributed by atoms with Gasteiger partial charge in [0.05, 0.1) is 11.1 Å². The van der Waals surface area contributed by atoms with E-state index in [9.17, 15) is 9.59 Å². The van der Waals surface area contributed by atoms with Gasteiger partial charge in [-0.15, -0.1) is 0 Å². The first-order valence-corrected chi connectivity index (χ1v) is 9.86. The van der Waals surface area contributed by atoms with Crippen LogP contribution in [-0.2, 0) is 0 Å². The molecule has 4 heteroatoms. The smallest absolute Gasteiger partial charge is 0.343 e. The Labute approximate surface area is 180 Å². The normalized spacial score (nSPS) is 10.4. The zero-order chi connectivity index (χ0) is 21.6. The van der Waals surface area contributed by atoms with E-state index in [1.807, 2.05) is 55.5 Å². The third kappa shape index (κ3) is 4.70. The van der Waals surface area contributed by atoms with Crippen LogP contribution in [-0.4, -0.2) is 11.9 Å². The molecule has 4 nitrogen and oxygen atoms in total. The first-order chi connectivity index (χ1) is 15.1. The van der Waals surface area contributed by atoms with Crippen molar-refractivity contribution in [1.82, 2.24) is 0 Å². The summed E-state index contributed by atoms with van der Waals surface area (Å²) in [6.07, 6.45) is 0. The number of aryl methyl sites for hydroxylation is 1. The molecule has 0 saturated heterocycles. The Morgan fingerprint density at radius 2 is 1.06 bits per heavy atom. The van der Waals surface area contributed by atoms with Crippen LogP contribution in [0.2, 0.25) is 0 Å². The van der Waals surface area contributed by atoms with Crippen molar-refractivity contribution in [3.63, 3.8) is 0 Å². The maximum absolute atomic E-state index is 12.7. The second-order valence-corrected chi connectivity index (χ2v) is 7.00. The van der Waals surface area contributed by atoms with Crippen molar-refractivity contribution in [3.8, 4) is 22.6 Å². The highest BCUT2D eigenvalue weighted by Crippen LogP contribution is 2.37. The van der Waals surface area contributed by atoms with Crippen LogP contribution in [0.1, 0.15) is 26.3 Å². The molecule has 152 valence electrons. The van der Waals surface area contributed by atoms with Crippen molar-refractivity contribution in [1.29, 1.82) is 0 Å². The number of carbonyl (C=O) groups excluding carboxylic acids is 2. The van der Waals surface area contributed by atoms with Gasteiger partial charge in [0.2, 0.25) is 0 Å². The second kappa shape index (κ2) is 9.09. The van der Waals surface area contributed by atoms with Crippen molar-refractivity contribution < 1.29 is 19.1 Å². The molecular formula is C27H20O4. The lowest BCUT2D eigenvalue weighted by atomic mass is 10.0. The Morgan fingerprint density at radius 3 is 1.61 bits per heavy atom. The number of benzene rings is 4. The first kappa shape index (κ1) is 20.1. The largest absolute Gasteiger partial charge is 0.419 e. The molecule has 0 fully saturated rings. The molecule has 0 radical (unpaired) electrons. The molecule has 0 aliphatic rings. The molecule has 0 aliphatic heterocycles. The SMILES string of the molecule is Cc1cc(-c2ccccc2)cc(OC(=O)c2ccccc2)c1OC(=O)c1ccccc1. The summed E-state index contributed by atoms with van der Waals surface area (Å²) in [7, 11) is 0. The van der Waals surface area contributed by atoms with E-state index < -0.39 is 11.9 Å². The zero-order valence-electron chi connectivity index (χ0n) is 16.9. The van der Waals surface area contributed by atoms with Crippen LogP contribution >= 0.6 is 0 Å². The van der Waals surface area contributed by atoms with Crippen LogP contribution in [0.5, 0.6) is 11.5 Å². The average molecular weight is 408 g/mol. The lowest BCUT2D eigenvalue weighted by Gasteiger charge is -2.15. The third-order valence-electron chi connectivity index (χ3n) is 4.76. The number of rotatable bonds is 5. The van der Waals surface area contributed by atoms with E-state index >= 15 is 0 Å². The molecule has 0 heterocycles. The van der Waals surface area contributed by atoms with Gasteiger partial charge >= 0.3 is 11.9 Å². The Bertz CT molecular complexity index is 1200. The first-order valence-electron chi connectivity index (χ1n) is 9.86. The number of hydrogen-bond acceptors (Lipinski definition) is 4. The maximum atomic E-state index is 12.7. The minimum Gasteiger partial charge on any atom is -0.419 e. The number of hydrogen-bond donors (Lipinski definition) is 0. The van der Waals surface area contributed by atoms with Crippen molar-refractivity contribution in [2.24, 2.45) is 0 Å². The van der Waals surface area contributed by atoms with E-state index in [1.165, 1.54) is 0 Å². The molecule has 4 aromatic carbocycles. The van der Waals surface area contributed by atoms with Gasteiger partial charge in [0.15, 0.2) is 11.5 Å². The Kier molecular flexibility index (Phi) is 5.90. The Hall–Kier alpha value is -4.18. The zero-order valence-corrected chi connectivity index (χ0v) is 16.9. The molecule has 0 spiro atoms. The predicted octanol–water partition coefficient (Wildman–Crippen LogP) is 6.10. The molecule has 0 saturated carbocycles. The Balaban J connectivity index is 1.73. The highest BCUT2D eigenvalue weighted by Gasteiger charge is 2.20. The predicted molar refractivity (Wildman–Crippen MR) is 119 cm³/mol. The van der Waals surface area contributed by atoms with Crippen LogP contribution in [0, 0.1) is 6.92 Å². The summed E-state index contributed by atoms with van der Waals surface area (Å²) in [6, 6.07) is 30.7. The fraction of sp³-hybridized carbons (Fsp3) is 0.0370. The van der Waals surface area contributed by atoms with Gasteiger partial charge in [-0.05, 0) is 60.0 Å². The minimum absolute atomic E-state index is 0.192. The molecule has 0 atom stereocenters. The summed E-state index contributed by atoms with van der Waals surface area (Å²) in [6.45, 7) is 1.82.